The number of halogens is 1. The van der Waals surface area contributed by atoms with E-state index >= 15 is 0 Å². The van der Waals surface area contributed by atoms with Gasteiger partial charge < -0.3 is 10.5 Å². The molecule has 0 bridgehead atoms. The van der Waals surface area contributed by atoms with Crippen LogP contribution < -0.4 is 10.5 Å². The van der Waals surface area contributed by atoms with Crippen LogP contribution in [0.2, 0.25) is 0 Å². The van der Waals surface area contributed by atoms with Gasteiger partial charge in [-0.05, 0) is 54.4 Å². The highest BCUT2D eigenvalue weighted by atomic mass is 79.9. The molecule has 0 aliphatic heterocycles. The zero-order chi connectivity index (χ0) is 12.3. The molecule has 0 saturated carbocycles. The highest BCUT2D eigenvalue weighted by Crippen LogP contribution is 2.19. The van der Waals surface area contributed by atoms with Crippen molar-refractivity contribution < 1.29 is 4.74 Å². The molecular weight excluding hydrogens is 278 g/mol. The third-order valence-corrected chi connectivity index (χ3v) is 3.10. The van der Waals surface area contributed by atoms with Crippen molar-refractivity contribution in [2.75, 3.05) is 5.73 Å². The lowest BCUT2D eigenvalue weighted by Crippen LogP contribution is -1.98. The van der Waals surface area contributed by atoms with E-state index in [0.717, 1.165) is 27.0 Å². The Balaban J connectivity index is 2.04. The van der Waals surface area contributed by atoms with Gasteiger partial charge in [0.05, 0.1) is 0 Å². The molecule has 0 amide bonds. The molecule has 2 aromatic carbocycles. The second kappa shape index (κ2) is 5.23. The van der Waals surface area contributed by atoms with Crippen molar-refractivity contribution in [2.24, 2.45) is 0 Å². The summed E-state index contributed by atoms with van der Waals surface area (Å²) in [5.41, 5.74) is 8.80. The quantitative estimate of drug-likeness (QED) is 0.870. The smallest absolute Gasteiger partial charge is 0.119 e. The summed E-state index contributed by atoms with van der Waals surface area (Å²) in [7, 11) is 0. The molecule has 0 aliphatic rings. The predicted molar refractivity (Wildman–Crippen MR) is 74.1 cm³/mol. The minimum absolute atomic E-state index is 0.563. The minimum Gasteiger partial charge on any atom is -0.489 e. The van der Waals surface area contributed by atoms with Gasteiger partial charge in [0, 0.05) is 10.2 Å². The summed E-state index contributed by atoms with van der Waals surface area (Å²) in [5.74, 6) is 0.865. The molecule has 17 heavy (non-hydrogen) atoms. The topological polar surface area (TPSA) is 35.2 Å². The standard InChI is InChI=1S/C14H14BrNO/c1-10-8-13(16)5-2-11(10)9-17-14-6-3-12(15)4-7-14/h2-8H,9,16H2,1H3. The summed E-state index contributed by atoms with van der Waals surface area (Å²) in [6, 6.07) is 13.7. The van der Waals surface area contributed by atoms with Crippen molar-refractivity contribution in [3.63, 3.8) is 0 Å². The summed E-state index contributed by atoms with van der Waals surface area (Å²) in [6.07, 6.45) is 0. The third kappa shape index (κ3) is 3.24. The first-order valence-corrected chi connectivity index (χ1v) is 6.18. The van der Waals surface area contributed by atoms with Crippen LogP contribution in [0, 0.1) is 6.92 Å². The van der Waals surface area contributed by atoms with E-state index in [1.165, 1.54) is 0 Å². The maximum atomic E-state index is 5.71. The summed E-state index contributed by atoms with van der Waals surface area (Å²) in [5, 5.41) is 0. The van der Waals surface area contributed by atoms with Crippen molar-refractivity contribution in [3.05, 3.63) is 58.1 Å². The molecule has 3 heteroatoms. The zero-order valence-electron chi connectivity index (χ0n) is 9.61. The monoisotopic (exact) mass is 291 g/mol. The van der Waals surface area contributed by atoms with Gasteiger partial charge in [0.1, 0.15) is 12.4 Å². The Morgan fingerprint density at radius 3 is 2.47 bits per heavy atom. The summed E-state index contributed by atoms with van der Waals surface area (Å²) in [4.78, 5) is 0. The van der Waals surface area contributed by atoms with E-state index in [2.05, 4.69) is 15.9 Å². The van der Waals surface area contributed by atoms with Gasteiger partial charge in [0.2, 0.25) is 0 Å². The number of anilines is 1. The van der Waals surface area contributed by atoms with E-state index in [0.29, 0.717) is 6.61 Å². The van der Waals surface area contributed by atoms with Gasteiger partial charge in [0.25, 0.3) is 0 Å². The molecule has 2 rings (SSSR count). The summed E-state index contributed by atoms with van der Waals surface area (Å²) < 4.78 is 6.76. The van der Waals surface area contributed by atoms with Gasteiger partial charge in [-0.25, -0.2) is 0 Å². The van der Waals surface area contributed by atoms with Crippen molar-refractivity contribution in [3.8, 4) is 5.75 Å². The first-order chi connectivity index (χ1) is 8.15. The Kier molecular flexibility index (Phi) is 3.69. The molecule has 0 radical (unpaired) electrons. The van der Waals surface area contributed by atoms with Crippen LogP contribution in [-0.4, -0.2) is 0 Å². The van der Waals surface area contributed by atoms with Crippen molar-refractivity contribution in [1.29, 1.82) is 0 Å². The van der Waals surface area contributed by atoms with Crippen LogP contribution in [0.4, 0.5) is 5.69 Å². The van der Waals surface area contributed by atoms with Crippen molar-refractivity contribution in [1.82, 2.24) is 0 Å². The Morgan fingerprint density at radius 2 is 1.82 bits per heavy atom. The molecule has 2 nitrogen and oxygen atoms in total. The van der Waals surface area contributed by atoms with E-state index in [-0.39, 0.29) is 0 Å². The summed E-state index contributed by atoms with van der Waals surface area (Å²) in [6.45, 7) is 2.60. The normalized spacial score (nSPS) is 10.2. The Hall–Kier alpha value is -1.48. The fourth-order valence-corrected chi connectivity index (χ4v) is 1.84. The lowest BCUT2D eigenvalue weighted by Gasteiger charge is -2.09. The molecule has 0 unspecified atom stereocenters. The van der Waals surface area contributed by atoms with Crippen LogP contribution in [0.25, 0.3) is 0 Å². The lowest BCUT2D eigenvalue weighted by molar-refractivity contribution is 0.305. The molecule has 2 N–H and O–H groups in total. The molecule has 0 fully saturated rings. The molecule has 0 saturated heterocycles. The predicted octanol–water partition coefficient (Wildman–Crippen LogP) is 3.92. The summed E-state index contributed by atoms with van der Waals surface area (Å²) >= 11 is 3.39. The van der Waals surface area contributed by atoms with Crippen molar-refractivity contribution >= 4 is 21.6 Å². The second-order valence-electron chi connectivity index (χ2n) is 3.93. The Bertz CT molecular complexity index is 508. The maximum Gasteiger partial charge on any atom is 0.119 e. The number of nitrogen functional groups attached to an aromatic ring is 1. The number of hydrogen-bond acceptors (Lipinski definition) is 2. The molecule has 0 heterocycles. The van der Waals surface area contributed by atoms with Gasteiger partial charge in [-0.3, -0.25) is 0 Å². The van der Waals surface area contributed by atoms with E-state index in [1.807, 2.05) is 49.4 Å². The average Bonchev–Trinajstić information content (AvgIpc) is 2.30. The molecular formula is C14H14BrNO. The van der Waals surface area contributed by atoms with Crippen LogP contribution in [-0.2, 0) is 6.61 Å². The average molecular weight is 292 g/mol. The van der Waals surface area contributed by atoms with Crippen molar-refractivity contribution in [2.45, 2.75) is 13.5 Å². The van der Waals surface area contributed by atoms with E-state index < -0.39 is 0 Å². The fraction of sp³-hybridized carbons (Fsp3) is 0.143. The van der Waals surface area contributed by atoms with Gasteiger partial charge >= 0.3 is 0 Å². The third-order valence-electron chi connectivity index (χ3n) is 2.57. The molecule has 0 atom stereocenters. The van der Waals surface area contributed by atoms with Gasteiger partial charge in [-0.1, -0.05) is 22.0 Å². The highest BCUT2D eigenvalue weighted by molar-refractivity contribution is 9.10. The Labute approximate surface area is 110 Å². The van der Waals surface area contributed by atoms with E-state index in [1.54, 1.807) is 0 Å². The van der Waals surface area contributed by atoms with Crippen LogP contribution in [0.1, 0.15) is 11.1 Å². The maximum absolute atomic E-state index is 5.71. The molecule has 0 spiro atoms. The van der Waals surface area contributed by atoms with Gasteiger partial charge in [-0.2, -0.15) is 0 Å². The number of hydrogen-bond donors (Lipinski definition) is 1. The zero-order valence-corrected chi connectivity index (χ0v) is 11.2. The SMILES string of the molecule is Cc1cc(N)ccc1COc1ccc(Br)cc1. The molecule has 0 aromatic heterocycles. The second-order valence-corrected chi connectivity index (χ2v) is 4.84. The van der Waals surface area contributed by atoms with E-state index in [4.69, 9.17) is 10.5 Å². The largest absolute Gasteiger partial charge is 0.489 e. The Morgan fingerprint density at radius 1 is 1.12 bits per heavy atom. The lowest BCUT2D eigenvalue weighted by atomic mass is 10.1. The first kappa shape index (κ1) is 12.0. The van der Waals surface area contributed by atoms with Crippen LogP contribution >= 0.6 is 15.9 Å². The van der Waals surface area contributed by atoms with Gasteiger partial charge in [-0.15, -0.1) is 0 Å². The number of nitrogens with two attached hydrogens (primary N) is 1. The van der Waals surface area contributed by atoms with Crippen LogP contribution in [0.3, 0.4) is 0 Å². The molecule has 88 valence electrons. The first-order valence-electron chi connectivity index (χ1n) is 5.38. The van der Waals surface area contributed by atoms with Crippen LogP contribution in [0.5, 0.6) is 5.75 Å². The van der Waals surface area contributed by atoms with E-state index in [9.17, 15) is 0 Å². The molecule has 2 aromatic rings. The fourth-order valence-electron chi connectivity index (χ4n) is 1.57. The van der Waals surface area contributed by atoms with Gasteiger partial charge in [0.15, 0.2) is 0 Å². The number of benzene rings is 2. The minimum atomic E-state index is 0.563. The number of rotatable bonds is 3. The van der Waals surface area contributed by atoms with Crippen LogP contribution in [0.15, 0.2) is 46.9 Å². The number of ether oxygens (including phenoxy) is 1. The molecule has 0 aliphatic carbocycles. The highest BCUT2D eigenvalue weighted by Gasteiger charge is 2.00. The number of aryl methyl sites for hydroxylation is 1.